The average Bonchev–Trinajstić information content (AvgIpc) is 2.76. The third-order valence-electron chi connectivity index (χ3n) is 4.83. The van der Waals surface area contributed by atoms with Crippen LogP contribution in [-0.2, 0) is 16.1 Å². The molecule has 2 atom stereocenters. The molecule has 0 saturated heterocycles. The fourth-order valence-electron chi connectivity index (χ4n) is 2.77. The van der Waals surface area contributed by atoms with Gasteiger partial charge in [0.15, 0.2) is 6.61 Å². The summed E-state index contributed by atoms with van der Waals surface area (Å²) in [5, 5.41) is 3.53. The highest BCUT2D eigenvalue weighted by atomic mass is 35.5. The van der Waals surface area contributed by atoms with Gasteiger partial charge in [-0.05, 0) is 62.2 Å². The van der Waals surface area contributed by atoms with E-state index in [9.17, 15) is 9.59 Å². The van der Waals surface area contributed by atoms with Crippen molar-refractivity contribution in [2.75, 3.05) is 13.7 Å². The lowest BCUT2D eigenvalue weighted by molar-refractivity contribution is -0.142. The lowest BCUT2D eigenvalue weighted by atomic mass is 10.1. The van der Waals surface area contributed by atoms with E-state index in [4.69, 9.17) is 21.1 Å². The highest BCUT2D eigenvalue weighted by Gasteiger charge is 2.27. The third-order valence-corrected chi connectivity index (χ3v) is 5.08. The van der Waals surface area contributed by atoms with Crippen molar-refractivity contribution in [3.63, 3.8) is 0 Å². The van der Waals surface area contributed by atoms with Gasteiger partial charge in [-0.3, -0.25) is 9.59 Å². The van der Waals surface area contributed by atoms with Gasteiger partial charge >= 0.3 is 0 Å². The van der Waals surface area contributed by atoms with Crippen LogP contribution in [0.2, 0.25) is 5.02 Å². The van der Waals surface area contributed by atoms with E-state index in [2.05, 4.69) is 5.32 Å². The Morgan fingerprint density at radius 2 is 1.80 bits per heavy atom. The second-order valence-electron chi connectivity index (χ2n) is 7.11. The van der Waals surface area contributed by atoms with Crippen LogP contribution in [0.5, 0.6) is 11.5 Å². The molecule has 0 aliphatic rings. The summed E-state index contributed by atoms with van der Waals surface area (Å²) in [4.78, 5) is 27.2. The van der Waals surface area contributed by atoms with Crippen molar-refractivity contribution in [2.45, 2.75) is 45.8 Å². The van der Waals surface area contributed by atoms with Crippen molar-refractivity contribution < 1.29 is 19.1 Å². The Morgan fingerprint density at radius 1 is 1.10 bits per heavy atom. The minimum atomic E-state index is -0.661. The van der Waals surface area contributed by atoms with E-state index in [-0.39, 0.29) is 31.0 Å². The molecule has 0 spiro atoms. The molecule has 0 heterocycles. The van der Waals surface area contributed by atoms with E-state index in [1.807, 2.05) is 38.1 Å². The maximum Gasteiger partial charge on any atom is 0.261 e. The summed E-state index contributed by atoms with van der Waals surface area (Å²) in [6, 6.07) is 13.6. The molecule has 2 aromatic rings. The minimum Gasteiger partial charge on any atom is -0.497 e. The zero-order valence-corrected chi connectivity index (χ0v) is 18.6. The smallest absolute Gasteiger partial charge is 0.261 e. The molecule has 0 aliphatic carbocycles. The number of carbonyl (C=O) groups is 2. The summed E-state index contributed by atoms with van der Waals surface area (Å²) >= 11 is 5.88. The number of nitrogens with one attached hydrogen (secondary N) is 1. The first-order valence-electron chi connectivity index (χ1n) is 9.95. The maximum atomic E-state index is 13.0. The Balaban J connectivity index is 2.16. The second-order valence-corrected chi connectivity index (χ2v) is 7.55. The van der Waals surface area contributed by atoms with Crippen LogP contribution in [-0.4, -0.2) is 42.5 Å². The molecule has 30 heavy (non-hydrogen) atoms. The van der Waals surface area contributed by atoms with Gasteiger partial charge in [0, 0.05) is 17.6 Å². The van der Waals surface area contributed by atoms with E-state index >= 15 is 0 Å². The van der Waals surface area contributed by atoms with E-state index in [1.54, 1.807) is 38.3 Å². The van der Waals surface area contributed by atoms with E-state index in [0.717, 1.165) is 12.0 Å². The molecule has 0 aliphatic heterocycles. The fourth-order valence-corrected chi connectivity index (χ4v) is 2.90. The van der Waals surface area contributed by atoms with Gasteiger partial charge in [-0.25, -0.2) is 0 Å². The van der Waals surface area contributed by atoms with Crippen LogP contribution in [0.1, 0.15) is 32.8 Å². The molecule has 0 bridgehead atoms. The lowest BCUT2D eigenvalue weighted by Gasteiger charge is -2.29. The van der Waals surface area contributed by atoms with Crippen LogP contribution >= 0.6 is 11.6 Å². The van der Waals surface area contributed by atoms with Crippen LogP contribution in [0.3, 0.4) is 0 Å². The Hall–Kier alpha value is -2.73. The maximum absolute atomic E-state index is 13.0. The third kappa shape index (κ3) is 6.95. The molecule has 1 N–H and O–H groups in total. The number of nitrogens with zero attached hydrogens (tertiary/aromatic N) is 1. The number of rotatable bonds is 10. The summed E-state index contributed by atoms with van der Waals surface area (Å²) in [6.45, 7) is 5.72. The molecule has 6 nitrogen and oxygen atoms in total. The first kappa shape index (κ1) is 23.5. The van der Waals surface area contributed by atoms with Crippen LogP contribution in [0.25, 0.3) is 0 Å². The fraction of sp³-hybridized carbons (Fsp3) is 0.391. The number of ether oxygens (including phenoxy) is 2. The Labute approximate surface area is 183 Å². The SMILES string of the molecule is CC[C@@H](C)NC(=O)[C@H](C)N(Cc1cccc(OC)c1)C(=O)COc1ccc(Cl)cc1. The van der Waals surface area contributed by atoms with Crippen molar-refractivity contribution in [3.8, 4) is 11.5 Å². The average molecular weight is 433 g/mol. The van der Waals surface area contributed by atoms with Gasteiger partial charge in [-0.1, -0.05) is 30.7 Å². The van der Waals surface area contributed by atoms with Gasteiger partial charge in [0.05, 0.1) is 7.11 Å². The van der Waals surface area contributed by atoms with Crippen LogP contribution in [0.4, 0.5) is 0 Å². The van der Waals surface area contributed by atoms with Crippen LogP contribution in [0.15, 0.2) is 48.5 Å². The van der Waals surface area contributed by atoms with Gasteiger partial charge in [0.2, 0.25) is 5.91 Å². The largest absolute Gasteiger partial charge is 0.497 e. The van der Waals surface area contributed by atoms with Crippen molar-refractivity contribution in [3.05, 3.63) is 59.1 Å². The molecule has 2 rings (SSSR count). The quantitative estimate of drug-likeness (QED) is 0.614. The Kier molecular flexibility index (Phi) is 8.99. The zero-order chi connectivity index (χ0) is 22.1. The molecule has 0 saturated carbocycles. The highest BCUT2D eigenvalue weighted by molar-refractivity contribution is 6.30. The van der Waals surface area contributed by atoms with E-state index in [1.165, 1.54) is 4.90 Å². The molecular formula is C23H29ClN2O4. The number of halogens is 1. The van der Waals surface area contributed by atoms with E-state index in [0.29, 0.717) is 16.5 Å². The number of amides is 2. The van der Waals surface area contributed by atoms with Gasteiger partial charge in [-0.15, -0.1) is 0 Å². The molecule has 162 valence electrons. The zero-order valence-electron chi connectivity index (χ0n) is 17.9. The van der Waals surface area contributed by atoms with Gasteiger partial charge < -0.3 is 19.7 Å². The molecule has 0 unspecified atom stereocenters. The van der Waals surface area contributed by atoms with Crippen molar-refractivity contribution in [2.24, 2.45) is 0 Å². The van der Waals surface area contributed by atoms with Crippen molar-refractivity contribution in [1.82, 2.24) is 10.2 Å². The normalized spacial score (nSPS) is 12.6. The number of methoxy groups -OCH3 is 1. The van der Waals surface area contributed by atoms with Crippen molar-refractivity contribution in [1.29, 1.82) is 0 Å². The predicted octanol–water partition coefficient (Wildman–Crippen LogP) is 4.06. The number of benzene rings is 2. The standard InChI is InChI=1S/C23H29ClN2O4/c1-5-16(2)25-23(28)17(3)26(14-18-7-6-8-21(13-18)29-4)22(27)15-30-20-11-9-19(24)10-12-20/h6-13,16-17H,5,14-15H2,1-4H3,(H,25,28)/t16-,17+/m1/s1. The minimum absolute atomic E-state index is 0.0269. The lowest BCUT2D eigenvalue weighted by Crippen LogP contribution is -2.50. The number of hydrogen-bond donors (Lipinski definition) is 1. The summed E-state index contributed by atoms with van der Waals surface area (Å²) in [7, 11) is 1.59. The van der Waals surface area contributed by atoms with E-state index < -0.39 is 6.04 Å². The molecule has 7 heteroatoms. The summed E-state index contributed by atoms with van der Waals surface area (Å²) in [6.07, 6.45) is 0.808. The monoisotopic (exact) mass is 432 g/mol. The summed E-state index contributed by atoms with van der Waals surface area (Å²) < 4.78 is 10.9. The van der Waals surface area contributed by atoms with Crippen LogP contribution in [0, 0.1) is 0 Å². The number of carbonyl (C=O) groups excluding carboxylic acids is 2. The van der Waals surface area contributed by atoms with Crippen molar-refractivity contribution >= 4 is 23.4 Å². The Morgan fingerprint density at radius 3 is 2.43 bits per heavy atom. The molecule has 0 aromatic heterocycles. The molecule has 0 radical (unpaired) electrons. The second kappa shape index (κ2) is 11.5. The van der Waals surface area contributed by atoms with Gasteiger partial charge in [-0.2, -0.15) is 0 Å². The van der Waals surface area contributed by atoms with Crippen LogP contribution < -0.4 is 14.8 Å². The summed E-state index contributed by atoms with van der Waals surface area (Å²) in [5.41, 5.74) is 0.859. The van der Waals surface area contributed by atoms with Gasteiger partial charge in [0.1, 0.15) is 17.5 Å². The predicted molar refractivity (Wildman–Crippen MR) is 118 cm³/mol. The molecule has 2 aromatic carbocycles. The highest BCUT2D eigenvalue weighted by Crippen LogP contribution is 2.18. The topological polar surface area (TPSA) is 67.9 Å². The molecule has 0 fully saturated rings. The first-order chi connectivity index (χ1) is 14.3. The molecule has 2 amide bonds. The Bertz CT molecular complexity index is 841. The number of hydrogen-bond acceptors (Lipinski definition) is 4. The van der Waals surface area contributed by atoms with Gasteiger partial charge in [0.25, 0.3) is 5.91 Å². The molecular weight excluding hydrogens is 404 g/mol. The summed E-state index contributed by atoms with van der Waals surface area (Å²) in [5.74, 6) is 0.728. The first-order valence-corrected chi connectivity index (χ1v) is 10.3.